The van der Waals surface area contributed by atoms with Crippen LogP contribution in [0.5, 0.6) is 5.75 Å². The Bertz CT molecular complexity index is 565. The maximum Gasteiger partial charge on any atom is 0.329 e. The predicted octanol–water partition coefficient (Wildman–Crippen LogP) is 2.29. The number of aliphatic carboxylic acids is 1. The quantitative estimate of drug-likeness (QED) is 0.798. The molecule has 1 aromatic rings. The van der Waals surface area contributed by atoms with Crippen LogP contribution in [-0.2, 0) is 4.79 Å². The second-order valence-corrected chi connectivity index (χ2v) is 5.69. The normalized spacial score (nSPS) is 25.3. The van der Waals surface area contributed by atoms with Gasteiger partial charge < -0.3 is 15.5 Å². The highest BCUT2D eigenvalue weighted by Gasteiger charge is 2.42. The van der Waals surface area contributed by atoms with Crippen molar-refractivity contribution in [3.05, 3.63) is 29.6 Å². The molecule has 0 bridgehead atoms. The minimum Gasteiger partial charge on any atom is -0.507 e. The van der Waals surface area contributed by atoms with E-state index in [0.717, 1.165) is 18.2 Å². The fraction of sp³-hybridized carbons (Fsp3) is 0.467. The van der Waals surface area contributed by atoms with Crippen LogP contribution in [0, 0.1) is 11.7 Å². The van der Waals surface area contributed by atoms with E-state index in [1.165, 1.54) is 0 Å². The van der Waals surface area contributed by atoms with Gasteiger partial charge in [0.2, 0.25) is 0 Å². The van der Waals surface area contributed by atoms with E-state index < -0.39 is 23.2 Å². The summed E-state index contributed by atoms with van der Waals surface area (Å²) < 4.78 is 13.2. The van der Waals surface area contributed by atoms with Gasteiger partial charge in [0.25, 0.3) is 5.91 Å². The van der Waals surface area contributed by atoms with Gasteiger partial charge in [0.15, 0.2) is 0 Å². The number of aromatic hydroxyl groups is 1. The van der Waals surface area contributed by atoms with Crippen molar-refractivity contribution < 1.29 is 24.2 Å². The lowest BCUT2D eigenvalue weighted by molar-refractivity contribution is -0.146. The first kappa shape index (κ1) is 15.3. The van der Waals surface area contributed by atoms with E-state index >= 15 is 0 Å². The van der Waals surface area contributed by atoms with E-state index in [-0.39, 0.29) is 11.3 Å². The predicted molar refractivity (Wildman–Crippen MR) is 73.5 cm³/mol. The summed E-state index contributed by atoms with van der Waals surface area (Å²) in [6, 6.07) is 2.99. The molecule has 114 valence electrons. The van der Waals surface area contributed by atoms with Gasteiger partial charge in [-0.05, 0) is 49.8 Å². The third-order valence-electron chi connectivity index (χ3n) is 4.09. The summed E-state index contributed by atoms with van der Waals surface area (Å²) in [7, 11) is 0. The second kappa shape index (κ2) is 5.71. The van der Waals surface area contributed by atoms with Crippen LogP contribution in [0.15, 0.2) is 18.2 Å². The third kappa shape index (κ3) is 3.15. The van der Waals surface area contributed by atoms with Crippen molar-refractivity contribution in [3.8, 4) is 5.75 Å². The molecule has 3 N–H and O–H groups in total. The maximum absolute atomic E-state index is 13.2. The van der Waals surface area contributed by atoms with E-state index in [9.17, 15) is 24.2 Å². The monoisotopic (exact) mass is 295 g/mol. The summed E-state index contributed by atoms with van der Waals surface area (Å²) in [6.07, 6.45) is 2.04. The Morgan fingerprint density at radius 2 is 1.95 bits per heavy atom. The minimum absolute atomic E-state index is 0.255. The summed E-state index contributed by atoms with van der Waals surface area (Å²) in [5.74, 6) is -2.50. The van der Waals surface area contributed by atoms with E-state index in [4.69, 9.17) is 0 Å². The average Bonchev–Trinajstić information content (AvgIpc) is 2.44. The molecule has 0 unspecified atom stereocenters. The van der Waals surface area contributed by atoms with E-state index in [1.54, 1.807) is 0 Å². The third-order valence-corrected chi connectivity index (χ3v) is 4.09. The number of carbonyl (C=O) groups is 2. The number of rotatable bonds is 3. The fourth-order valence-corrected chi connectivity index (χ4v) is 2.62. The van der Waals surface area contributed by atoms with Gasteiger partial charge in [-0.2, -0.15) is 0 Å². The SMILES string of the molecule is CC1CCC(NC(=O)c2cc(F)ccc2O)(C(=O)O)CC1. The Kier molecular flexibility index (Phi) is 4.16. The first-order valence-electron chi connectivity index (χ1n) is 6.88. The van der Waals surface area contributed by atoms with Crippen LogP contribution in [0.25, 0.3) is 0 Å². The molecule has 0 saturated heterocycles. The zero-order chi connectivity index (χ0) is 15.6. The van der Waals surface area contributed by atoms with Crippen molar-refractivity contribution in [2.75, 3.05) is 0 Å². The highest BCUT2D eigenvalue weighted by molar-refractivity contribution is 5.99. The van der Waals surface area contributed by atoms with Crippen molar-refractivity contribution in [1.82, 2.24) is 5.32 Å². The highest BCUT2D eigenvalue weighted by Crippen LogP contribution is 2.33. The molecule has 1 amide bonds. The Morgan fingerprint density at radius 3 is 2.52 bits per heavy atom. The minimum atomic E-state index is -1.34. The smallest absolute Gasteiger partial charge is 0.329 e. The van der Waals surface area contributed by atoms with Crippen molar-refractivity contribution >= 4 is 11.9 Å². The zero-order valence-corrected chi connectivity index (χ0v) is 11.7. The van der Waals surface area contributed by atoms with Crippen molar-refractivity contribution in [1.29, 1.82) is 0 Å². The van der Waals surface area contributed by atoms with Crippen LogP contribution >= 0.6 is 0 Å². The molecule has 6 heteroatoms. The van der Waals surface area contributed by atoms with Gasteiger partial charge in [-0.1, -0.05) is 6.92 Å². The number of carboxylic acid groups (broad SMARTS) is 1. The van der Waals surface area contributed by atoms with Gasteiger partial charge >= 0.3 is 5.97 Å². The Labute approximate surface area is 121 Å². The number of phenols is 1. The molecule has 2 rings (SSSR count). The highest BCUT2D eigenvalue weighted by atomic mass is 19.1. The fourth-order valence-electron chi connectivity index (χ4n) is 2.62. The lowest BCUT2D eigenvalue weighted by Gasteiger charge is -2.36. The van der Waals surface area contributed by atoms with Crippen molar-refractivity contribution in [2.45, 2.75) is 38.1 Å². The van der Waals surface area contributed by atoms with Crippen LogP contribution in [0.1, 0.15) is 43.0 Å². The molecule has 0 radical (unpaired) electrons. The van der Waals surface area contributed by atoms with Crippen LogP contribution in [0.2, 0.25) is 0 Å². The number of phenolic OH excluding ortho intramolecular Hbond substituents is 1. The molecule has 0 atom stereocenters. The lowest BCUT2D eigenvalue weighted by Crippen LogP contribution is -2.56. The van der Waals surface area contributed by atoms with Crippen LogP contribution < -0.4 is 5.32 Å². The number of carboxylic acids is 1. The summed E-state index contributed by atoms with van der Waals surface area (Å²) in [6.45, 7) is 2.03. The zero-order valence-electron chi connectivity index (χ0n) is 11.7. The van der Waals surface area contributed by atoms with Gasteiger partial charge in [0.1, 0.15) is 17.1 Å². The molecule has 5 nitrogen and oxygen atoms in total. The molecule has 1 aliphatic carbocycles. The molecule has 0 heterocycles. The lowest BCUT2D eigenvalue weighted by atomic mass is 9.77. The molecule has 1 aromatic carbocycles. The van der Waals surface area contributed by atoms with Crippen molar-refractivity contribution in [2.24, 2.45) is 5.92 Å². The van der Waals surface area contributed by atoms with Gasteiger partial charge in [-0.15, -0.1) is 0 Å². The molecule has 1 aliphatic rings. The molecular weight excluding hydrogens is 277 g/mol. The van der Waals surface area contributed by atoms with Gasteiger partial charge in [-0.3, -0.25) is 4.79 Å². The number of amides is 1. The van der Waals surface area contributed by atoms with Gasteiger partial charge in [-0.25, -0.2) is 9.18 Å². The largest absolute Gasteiger partial charge is 0.507 e. The molecule has 0 aliphatic heterocycles. The molecule has 0 aromatic heterocycles. The second-order valence-electron chi connectivity index (χ2n) is 5.69. The topological polar surface area (TPSA) is 86.6 Å². The van der Waals surface area contributed by atoms with Crippen LogP contribution in [0.4, 0.5) is 4.39 Å². The number of carbonyl (C=O) groups excluding carboxylic acids is 1. The van der Waals surface area contributed by atoms with Crippen LogP contribution in [-0.4, -0.2) is 27.6 Å². The Morgan fingerprint density at radius 1 is 1.33 bits per heavy atom. The number of nitrogens with one attached hydrogen (secondary N) is 1. The first-order chi connectivity index (χ1) is 9.84. The standard InChI is InChI=1S/C15H18FNO4/c1-9-4-6-15(7-5-9,14(20)21)17-13(19)11-8-10(16)2-3-12(11)18/h2-3,8-9,18H,4-7H2,1H3,(H,17,19)(H,20,21). The number of halogens is 1. The van der Waals surface area contributed by atoms with Crippen molar-refractivity contribution in [3.63, 3.8) is 0 Å². The Balaban J connectivity index is 2.23. The van der Waals surface area contributed by atoms with E-state index in [2.05, 4.69) is 5.32 Å². The van der Waals surface area contributed by atoms with Crippen LogP contribution in [0.3, 0.4) is 0 Å². The summed E-state index contributed by atoms with van der Waals surface area (Å²) in [5, 5.41) is 21.5. The number of benzene rings is 1. The Hall–Kier alpha value is -2.11. The molecule has 1 fully saturated rings. The van der Waals surface area contributed by atoms with Gasteiger partial charge in [0.05, 0.1) is 5.56 Å². The summed E-state index contributed by atoms with van der Waals surface area (Å²) in [4.78, 5) is 23.7. The molecule has 1 saturated carbocycles. The number of hydrogen-bond donors (Lipinski definition) is 3. The average molecular weight is 295 g/mol. The molecular formula is C15H18FNO4. The summed E-state index contributed by atoms with van der Waals surface area (Å²) in [5.41, 5.74) is -1.60. The summed E-state index contributed by atoms with van der Waals surface area (Å²) >= 11 is 0. The molecule has 0 spiro atoms. The maximum atomic E-state index is 13.2. The first-order valence-corrected chi connectivity index (χ1v) is 6.88. The van der Waals surface area contributed by atoms with E-state index in [1.807, 2.05) is 6.92 Å². The van der Waals surface area contributed by atoms with E-state index in [0.29, 0.717) is 31.6 Å². The van der Waals surface area contributed by atoms with Gasteiger partial charge in [0, 0.05) is 0 Å². The molecule has 21 heavy (non-hydrogen) atoms. The number of hydrogen-bond acceptors (Lipinski definition) is 3.